The fourth-order valence-electron chi connectivity index (χ4n) is 2.52. The van der Waals surface area contributed by atoms with E-state index >= 15 is 0 Å². The van der Waals surface area contributed by atoms with Crippen LogP contribution >= 0.6 is 28.1 Å². The highest BCUT2D eigenvalue weighted by Crippen LogP contribution is 2.23. The standard InChI is InChI=1S/C23H28BrN3O4S/c1-4-12-31-20-10-7-17(24)14-19(20)22(29)25-23(32)27-26-21(28)16-5-8-18(9-6-16)30-13-11-15(2)3/h5-10,14-15H,4,11-13H2,1-3H3,(H,26,28)(H2,25,27,29,32). The average Bonchev–Trinajstić information content (AvgIpc) is 2.76. The van der Waals surface area contributed by atoms with Crippen molar-refractivity contribution in [2.45, 2.75) is 33.6 Å². The zero-order chi connectivity index (χ0) is 23.5. The molecular formula is C23H28BrN3O4S. The number of benzene rings is 2. The Morgan fingerprint density at radius 2 is 1.72 bits per heavy atom. The van der Waals surface area contributed by atoms with E-state index in [1.54, 1.807) is 42.5 Å². The van der Waals surface area contributed by atoms with Crippen molar-refractivity contribution in [1.29, 1.82) is 0 Å². The van der Waals surface area contributed by atoms with E-state index in [2.05, 4.69) is 45.9 Å². The average molecular weight is 522 g/mol. The summed E-state index contributed by atoms with van der Waals surface area (Å²) in [5, 5.41) is 2.49. The van der Waals surface area contributed by atoms with Crippen molar-refractivity contribution >= 4 is 45.1 Å². The molecule has 0 aliphatic carbocycles. The van der Waals surface area contributed by atoms with Crippen LogP contribution in [0.2, 0.25) is 0 Å². The van der Waals surface area contributed by atoms with Crippen molar-refractivity contribution in [3.63, 3.8) is 0 Å². The first-order valence-corrected chi connectivity index (χ1v) is 11.6. The summed E-state index contributed by atoms with van der Waals surface area (Å²) < 4.78 is 12.0. The monoisotopic (exact) mass is 521 g/mol. The Hall–Kier alpha value is -2.65. The third-order valence-electron chi connectivity index (χ3n) is 4.24. The lowest BCUT2D eigenvalue weighted by Crippen LogP contribution is -2.48. The predicted octanol–water partition coefficient (Wildman–Crippen LogP) is 4.61. The summed E-state index contributed by atoms with van der Waals surface area (Å²) in [6, 6.07) is 11.9. The van der Waals surface area contributed by atoms with Gasteiger partial charge in [0, 0.05) is 10.0 Å². The minimum atomic E-state index is -0.452. The van der Waals surface area contributed by atoms with Gasteiger partial charge in [-0.2, -0.15) is 0 Å². The van der Waals surface area contributed by atoms with Gasteiger partial charge in [-0.25, -0.2) is 0 Å². The van der Waals surface area contributed by atoms with E-state index in [0.717, 1.165) is 17.3 Å². The van der Waals surface area contributed by atoms with Crippen molar-refractivity contribution in [3.05, 3.63) is 58.1 Å². The van der Waals surface area contributed by atoms with Gasteiger partial charge in [0.1, 0.15) is 11.5 Å². The lowest BCUT2D eigenvalue weighted by molar-refractivity contribution is 0.0933. The molecule has 0 bridgehead atoms. The van der Waals surface area contributed by atoms with Gasteiger partial charge in [0.2, 0.25) is 0 Å². The van der Waals surface area contributed by atoms with E-state index in [0.29, 0.717) is 41.8 Å². The lowest BCUT2D eigenvalue weighted by atomic mass is 10.1. The summed E-state index contributed by atoms with van der Waals surface area (Å²) in [7, 11) is 0. The van der Waals surface area contributed by atoms with Crippen LogP contribution in [-0.4, -0.2) is 30.1 Å². The van der Waals surface area contributed by atoms with Crippen LogP contribution in [0.5, 0.6) is 11.5 Å². The molecule has 2 rings (SSSR count). The molecule has 0 aliphatic rings. The van der Waals surface area contributed by atoms with Gasteiger partial charge in [-0.1, -0.05) is 36.7 Å². The van der Waals surface area contributed by atoms with Gasteiger partial charge in [0.05, 0.1) is 18.8 Å². The van der Waals surface area contributed by atoms with Gasteiger partial charge in [0.15, 0.2) is 5.11 Å². The number of rotatable bonds is 9. The second kappa shape index (κ2) is 13.0. The summed E-state index contributed by atoms with van der Waals surface area (Å²) in [5.41, 5.74) is 5.75. The Morgan fingerprint density at radius 3 is 2.38 bits per heavy atom. The summed E-state index contributed by atoms with van der Waals surface area (Å²) in [6.45, 7) is 7.36. The minimum absolute atomic E-state index is 0.0431. The topological polar surface area (TPSA) is 88.7 Å². The van der Waals surface area contributed by atoms with Crippen LogP contribution in [0.25, 0.3) is 0 Å². The largest absolute Gasteiger partial charge is 0.494 e. The fraction of sp³-hybridized carbons (Fsp3) is 0.348. The predicted molar refractivity (Wildman–Crippen MR) is 132 cm³/mol. The number of hydrogen-bond acceptors (Lipinski definition) is 5. The van der Waals surface area contributed by atoms with E-state index in [9.17, 15) is 9.59 Å². The molecule has 7 nitrogen and oxygen atoms in total. The van der Waals surface area contributed by atoms with E-state index in [4.69, 9.17) is 21.7 Å². The highest BCUT2D eigenvalue weighted by Gasteiger charge is 2.15. The highest BCUT2D eigenvalue weighted by atomic mass is 79.9. The summed E-state index contributed by atoms with van der Waals surface area (Å²) in [5.74, 6) is 0.870. The van der Waals surface area contributed by atoms with Gasteiger partial charge >= 0.3 is 0 Å². The SMILES string of the molecule is CCCOc1ccc(Br)cc1C(=O)NC(=S)NNC(=O)c1ccc(OCCC(C)C)cc1. The first-order chi connectivity index (χ1) is 15.3. The van der Waals surface area contributed by atoms with Crippen LogP contribution in [0.1, 0.15) is 54.3 Å². The molecule has 0 radical (unpaired) electrons. The maximum Gasteiger partial charge on any atom is 0.269 e. The Labute approximate surface area is 202 Å². The fourth-order valence-corrected chi connectivity index (χ4v) is 3.02. The Kier molecular flexibility index (Phi) is 10.4. The molecule has 172 valence electrons. The Morgan fingerprint density at radius 1 is 1.00 bits per heavy atom. The molecule has 3 N–H and O–H groups in total. The summed E-state index contributed by atoms with van der Waals surface area (Å²) in [4.78, 5) is 24.9. The van der Waals surface area contributed by atoms with Crippen LogP contribution in [0.4, 0.5) is 0 Å². The quantitative estimate of drug-likeness (QED) is 0.329. The Bertz CT molecular complexity index is 935. The molecule has 2 amide bonds. The molecule has 2 aromatic rings. The molecule has 0 heterocycles. The van der Waals surface area contributed by atoms with Crippen molar-refractivity contribution in [3.8, 4) is 11.5 Å². The molecule has 2 aromatic carbocycles. The number of carbonyl (C=O) groups is 2. The third-order valence-corrected chi connectivity index (χ3v) is 4.94. The number of thiocarbonyl (C=S) groups is 1. The maximum absolute atomic E-state index is 12.6. The van der Waals surface area contributed by atoms with Gasteiger partial charge in [0.25, 0.3) is 11.8 Å². The van der Waals surface area contributed by atoms with Crippen LogP contribution in [0.15, 0.2) is 46.9 Å². The highest BCUT2D eigenvalue weighted by molar-refractivity contribution is 9.10. The number of halogens is 1. The smallest absolute Gasteiger partial charge is 0.269 e. The number of amides is 2. The van der Waals surface area contributed by atoms with Crippen molar-refractivity contribution in [1.82, 2.24) is 16.2 Å². The third kappa shape index (κ3) is 8.47. The summed E-state index contributed by atoms with van der Waals surface area (Å²) in [6.07, 6.45) is 1.77. The second-order valence-corrected chi connectivity index (χ2v) is 8.73. The molecule has 32 heavy (non-hydrogen) atoms. The summed E-state index contributed by atoms with van der Waals surface area (Å²) >= 11 is 8.47. The molecule has 0 saturated heterocycles. The minimum Gasteiger partial charge on any atom is -0.494 e. The van der Waals surface area contributed by atoms with E-state index in [1.165, 1.54) is 0 Å². The van der Waals surface area contributed by atoms with E-state index in [-0.39, 0.29) is 5.11 Å². The van der Waals surface area contributed by atoms with Gasteiger partial charge in [-0.3, -0.25) is 25.8 Å². The number of hydrazine groups is 1. The van der Waals surface area contributed by atoms with Gasteiger partial charge in [-0.15, -0.1) is 0 Å². The molecule has 0 aliphatic heterocycles. The second-order valence-electron chi connectivity index (χ2n) is 7.41. The molecular weight excluding hydrogens is 494 g/mol. The molecule has 0 unspecified atom stereocenters. The van der Waals surface area contributed by atoms with Crippen molar-refractivity contribution in [2.24, 2.45) is 5.92 Å². The van der Waals surface area contributed by atoms with Crippen LogP contribution < -0.4 is 25.6 Å². The molecule has 0 atom stereocenters. The lowest BCUT2D eigenvalue weighted by Gasteiger charge is -2.14. The van der Waals surface area contributed by atoms with Crippen LogP contribution in [0.3, 0.4) is 0 Å². The maximum atomic E-state index is 12.6. The normalized spacial score (nSPS) is 10.4. The van der Waals surface area contributed by atoms with Crippen molar-refractivity contribution < 1.29 is 19.1 Å². The molecule has 9 heteroatoms. The Balaban J connectivity index is 1.87. The van der Waals surface area contributed by atoms with E-state index < -0.39 is 11.8 Å². The zero-order valence-electron chi connectivity index (χ0n) is 18.4. The molecule has 0 spiro atoms. The number of hydrogen-bond donors (Lipinski definition) is 3. The first kappa shape index (κ1) is 25.6. The number of nitrogens with one attached hydrogen (secondary N) is 3. The van der Waals surface area contributed by atoms with Gasteiger partial charge < -0.3 is 9.47 Å². The van der Waals surface area contributed by atoms with Crippen molar-refractivity contribution in [2.75, 3.05) is 13.2 Å². The number of carbonyl (C=O) groups excluding carboxylic acids is 2. The van der Waals surface area contributed by atoms with Crippen LogP contribution in [0, 0.1) is 5.92 Å². The van der Waals surface area contributed by atoms with E-state index in [1.807, 2.05) is 6.92 Å². The molecule has 0 saturated carbocycles. The number of ether oxygens (including phenoxy) is 2. The van der Waals surface area contributed by atoms with Crippen LogP contribution in [-0.2, 0) is 0 Å². The first-order valence-electron chi connectivity index (χ1n) is 10.4. The zero-order valence-corrected chi connectivity index (χ0v) is 20.8. The van der Waals surface area contributed by atoms with Gasteiger partial charge in [-0.05, 0) is 73.4 Å². The molecule has 0 fully saturated rings. The molecule has 0 aromatic heterocycles.